The van der Waals surface area contributed by atoms with Gasteiger partial charge in [0.1, 0.15) is 11.6 Å². The fourth-order valence-electron chi connectivity index (χ4n) is 3.51. The summed E-state index contributed by atoms with van der Waals surface area (Å²) in [4.78, 5) is 22.2. The molecule has 3 rings (SSSR count). The molecule has 1 aromatic carbocycles. The average Bonchev–Trinajstić information content (AvgIpc) is 3.14. The predicted octanol–water partition coefficient (Wildman–Crippen LogP) is 4.86. The summed E-state index contributed by atoms with van der Waals surface area (Å²) >= 11 is 0. The summed E-state index contributed by atoms with van der Waals surface area (Å²) in [6.07, 6.45) is -1.47. The number of carbonyl (C=O) groups is 1. The van der Waals surface area contributed by atoms with E-state index in [9.17, 15) is 22.4 Å². The number of anilines is 3. The van der Waals surface area contributed by atoms with E-state index in [0.29, 0.717) is 31.4 Å². The van der Waals surface area contributed by atoms with Gasteiger partial charge in [-0.25, -0.2) is 9.37 Å². The zero-order chi connectivity index (χ0) is 22.6. The van der Waals surface area contributed by atoms with Gasteiger partial charge in [-0.2, -0.15) is 18.2 Å². The van der Waals surface area contributed by atoms with Gasteiger partial charge >= 0.3 is 6.18 Å². The van der Waals surface area contributed by atoms with Gasteiger partial charge in [-0.05, 0) is 37.5 Å². The molecule has 0 unspecified atom stereocenters. The zero-order valence-corrected chi connectivity index (χ0v) is 18.6. The molecule has 0 spiro atoms. The van der Waals surface area contributed by atoms with Crippen molar-refractivity contribution < 1.29 is 22.4 Å². The molecule has 2 heterocycles. The van der Waals surface area contributed by atoms with Crippen LogP contribution in [0.25, 0.3) is 0 Å². The molecule has 1 amide bonds. The average molecular weight is 476 g/mol. The van der Waals surface area contributed by atoms with Crippen LogP contribution in [-0.4, -0.2) is 35.0 Å². The Morgan fingerprint density at radius 3 is 2.66 bits per heavy atom. The summed E-state index contributed by atoms with van der Waals surface area (Å²) in [7, 11) is 0. The molecule has 1 saturated heterocycles. The standard InChI is InChI=1S/C21H25F4N5O.ClH/c1-3-4-5-14-11-19(30-9-8-16(12-30)26-13(2)31)29-20(27-14)28-15-6-7-18(22)17(10-15)21(23,24)25;/h6-7,10-11,16H,3-5,8-9,12H2,1-2H3,(H,26,31)(H,27,28,29);1H/t16-;/m0./s1. The van der Waals surface area contributed by atoms with Crippen LogP contribution >= 0.6 is 12.4 Å². The molecule has 1 atom stereocenters. The van der Waals surface area contributed by atoms with Gasteiger partial charge in [0.05, 0.1) is 5.56 Å². The van der Waals surface area contributed by atoms with E-state index in [1.165, 1.54) is 13.0 Å². The largest absolute Gasteiger partial charge is 0.419 e. The van der Waals surface area contributed by atoms with E-state index in [2.05, 4.69) is 27.5 Å². The Labute approximate surface area is 190 Å². The first-order valence-corrected chi connectivity index (χ1v) is 10.2. The maximum atomic E-state index is 13.6. The molecule has 0 aliphatic carbocycles. The summed E-state index contributed by atoms with van der Waals surface area (Å²) in [6.45, 7) is 4.79. The smallest absolute Gasteiger partial charge is 0.354 e. The van der Waals surface area contributed by atoms with Crippen LogP contribution in [0.3, 0.4) is 0 Å². The number of halogens is 5. The molecule has 32 heavy (non-hydrogen) atoms. The van der Waals surface area contributed by atoms with Crippen LogP contribution in [0.4, 0.5) is 35.0 Å². The SMILES string of the molecule is CCCCc1cc(N2CC[C@H](NC(C)=O)C2)nc(Nc2ccc(F)c(C(F)(F)F)c2)n1.Cl. The number of carbonyl (C=O) groups excluding carboxylic acids is 1. The Bertz CT molecular complexity index is 941. The first kappa shape index (κ1) is 25.6. The molecule has 1 aliphatic rings. The molecule has 2 N–H and O–H groups in total. The van der Waals surface area contributed by atoms with Crippen LogP contribution in [0.2, 0.25) is 0 Å². The summed E-state index contributed by atoms with van der Waals surface area (Å²) < 4.78 is 52.7. The van der Waals surface area contributed by atoms with Crippen LogP contribution in [-0.2, 0) is 17.4 Å². The van der Waals surface area contributed by atoms with Crippen LogP contribution in [0.5, 0.6) is 0 Å². The molecule has 176 valence electrons. The Morgan fingerprint density at radius 2 is 2.00 bits per heavy atom. The van der Waals surface area contributed by atoms with Crippen molar-refractivity contribution in [2.24, 2.45) is 0 Å². The van der Waals surface area contributed by atoms with Crippen molar-refractivity contribution in [1.29, 1.82) is 0 Å². The van der Waals surface area contributed by atoms with Gasteiger partial charge in [-0.3, -0.25) is 4.79 Å². The second kappa shape index (κ2) is 10.8. The Morgan fingerprint density at radius 1 is 1.25 bits per heavy atom. The number of rotatable bonds is 7. The first-order chi connectivity index (χ1) is 14.7. The van der Waals surface area contributed by atoms with Crippen molar-refractivity contribution in [3.63, 3.8) is 0 Å². The topological polar surface area (TPSA) is 70.2 Å². The summed E-state index contributed by atoms with van der Waals surface area (Å²) in [5.41, 5.74) is -0.544. The number of unbranched alkanes of at least 4 members (excludes halogenated alkanes) is 1. The van der Waals surface area contributed by atoms with Gasteiger partial charge in [-0.1, -0.05) is 13.3 Å². The molecule has 0 saturated carbocycles. The highest BCUT2D eigenvalue weighted by atomic mass is 35.5. The monoisotopic (exact) mass is 475 g/mol. The minimum atomic E-state index is -4.80. The number of aryl methyl sites for hydroxylation is 1. The number of nitrogens with zero attached hydrogens (tertiary/aromatic N) is 3. The minimum absolute atomic E-state index is 0. The third-order valence-corrected chi connectivity index (χ3v) is 5.00. The van der Waals surface area contributed by atoms with Crippen molar-refractivity contribution in [2.75, 3.05) is 23.3 Å². The summed E-state index contributed by atoms with van der Waals surface area (Å²) in [5, 5.41) is 5.67. The van der Waals surface area contributed by atoms with E-state index in [-0.39, 0.29) is 36.0 Å². The predicted molar refractivity (Wildman–Crippen MR) is 117 cm³/mol. The molecule has 11 heteroatoms. The van der Waals surface area contributed by atoms with E-state index in [1.807, 2.05) is 11.0 Å². The Kier molecular flexibility index (Phi) is 8.65. The van der Waals surface area contributed by atoms with E-state index in [4.69, 9.17) is 0 Å². The van der Waals surface area contributed by atoms with E-state index in [1.54, 1.807) is 0 Å². The summed E-state index contributed by atoms with van der Waals surface area (Å²) in [5.74, 6) is -0.657. The Hall–Kier alpha value is -2.62. The van der Waals surface area contributed by atoms with Crippen molar-refractivity contribution in [1.82, 2.24) is 15.3 Å². The lowest BCUT2D eigenvalue weighted by Crippen LogP contribution is -2.35. The van der Waals surface area contributed by atoms with E-state index >= 15 is 0 Å². The molecular weight excluding hydrogens is 450 g/mol. The van der Waals surface area contributed by atoms with Crippen molar-refractivity contribution in [3.8, 4) is 0 Å². The van der Waals surface area contributed by atoms with Crippen LogP contribution < -0.4 is 15.5 Å². The van der Waals surface area contributed by atoms with Crippen LogP contribution in [0.15, 0.2) is 24.3 Å². The molecular formula is C21H26ClF4N5O. The van der Waals surface area contributed by atoms with Gasteiger partial charge in [0.2, 0.25) is 11.9 Å². The summed E-state index contributed by atoms with van der Waals surface area (Å²) in [6, 6.07) is 4.57. The molecule has 6 nitrogen and oxygen atoms in total. The third kappa shape index (κ3) is 6.69. The lowest BCUT2D eigenvalue weighted by atomic mass is 10.2. The maximum Gasteiger partial charge on any atom is 0.419 e. The number of alkyl halides is 3. The van der Waals surface area contributed by atoms with E-state index in [0.717, 1.165) is 31.0 Å². The first-order valence-electron chi connectivity index (χ1n) is 10.2. The zero-order valence-electron chi connectivity index (χ0n) is 17.8. The van der Waals surface area contributed by atoms with Gasteiger partial charge in [0.15, 0.2) is 0 Å². The lowest BCUT2D eigenvalue weighted by molar-refractivity contribution is -0.140. The van der Waals surface area contributed by atoms with Gasteiger partial charge < -0.3 is 15.5 Å². The molecule has 2 aromatic rings. The Balaban J connectivity index is 0.00000363. The number of aromatic nitrogens is 2. The number of hydrogen-bond donors (Lipinski definition) is 2. The second-order valence-corrected chi connectivity index (χ2v) is 7.59. The number of amides is 1. The highest BCUT2D eigenvalue weighted by molar-refractivity contribution is 5.85. The number of hydrogen-bond acceptors (Lipinski definition) is 5. The van der Waals surface area contributed by atoms with Crippen LogP contribution in [0, 0.1) is 5.82 Å². The van der Waals surface area contributed by atoms with Gasteiger partial charge in [0.25, 0.3) is 0 Å². The lowest BCUT2D eigenvalue weighted by Gasteiger charge is -2.20. The van der Waals surface area contributed by atoms with Crippen molar-refractivity contribution in [2.45, 2.75) is 51.7 Å². The van der Waals surface area contributed by atoms with Crippen LogP contribution in [0.1, 0.15) is 44.4 Å². The molecule has 0 radical (unpaired) electrons. The maximum absolute atomic E-state index is 13.6. The normalized spacial score (nSPS) is 15.9. The molecule has 0 bridgehead atoms. The second-order valence-electron chi connectivity index (χ2n) is 7.59. The number of nitrogens with one attached hydrogen (secondary N) is 2. The minimum Gasteiger partial charge on any atom is -0.354 e. The van der Waals surface area contributed by atoms with Gasteiger partial charge in [0, 0.05) is 43.5 Å². The third-order valence-electron chi connectivity index (χ3n) is 5.00. The van der Waals surface area contributed by atoms with Gasteiger partial charge in [-0.15, -0.1) is 12.4 Å². The molecule has 1 fully saturated rings. The highest BCUT2D eigenvalue weighted by Gasteiger charge is 2.34. The quantitative estimate of drug-likeness (QED) is 0.560. The molecule has 1 aliphatic heterocycles. The highest BCUT2D eigenvalue weighted by Crippen LogP contribution is 2.33. The van der Waals surface area contributed by atoms with Crippen molar-refractivity contribution in [3.05, 3.63) is 41.3 Å². The molecule has 1 aromatic heterocycles. The number of benzene rings is 1. The fraction of sp³-hybridized carbons (Fsp3) is 0.476. The van der Waals surface area contributed by atoms with Crippen molar-refractivity contribution >= 4 is 35.8 Å². The fourth-order valence-corrected chi connectivity index (χ4v) is 3.51. The van der Waals surface area contributed by atoms with E-state index < -0.39 is 17.6 Å².